The maximum Gasteiger partial charge on any atom is 0.128 e. The third kappa shape index (κ3) is 1.86. The molecule has 0 fully saturated rings. The summed E-state index contributed by atoms with van der Waals surface area (Å²) < 4.78 is 2.20. The van der Waals surface area contributed by atoms with E-state index in [9.17, 15) is 0 Å². The molecule has 2 N–H and O–H groups in total. The van der Waals surface area contributed by atoms with Gasteiger partial charge in [-0.2, -0.15) is 0 Å². The fraction of sp³-hybridized carbons (Fsp3) is 0.385. The summed E-state index contributed by atoms with van der Waals surface area (Å²) >= 11 is 0. The Labute approximate surface area is 106 Å². The fourth-order valence-corrected chi connectivity index (χ4v) is 2.40. The second kappa shape index (κ2) is 4.42. The minimum Gasteiger partial charge on any atom is -0.362 e. The zero-order chi connectivity index (χ0) is 12.5. The van der Waals surface area contributed by atoms with Crippen LogP contribution in [0.4, 0.5) is 5.69 Å². The van der Waals surface area contributed by atoms with Gasteiger partial charge in [0.25, 0.3) is 0 Å². The summed E-state index contributed by atoms with van der Waals surface area (Å²) in [5.41, 5.74) is 9.11. The van der Waals surface area contributed by atoms with Crippen LogP contribution in [0.15, 0.2) is 24.7 Å². The average Bonchev–Trinajstić information content (AvgIpc) is 2.85. The molecule has 3 heterocycles. The van der Waals surface area contributed by atoms with Gasteiger partial charge in [-0.25, -0.2) is 4.98 Å². The molecular weight excluding hydrogens is 226 g/mol. The van der Waals surface area contributed by atoms with Gasteiger partial charge in [-0.15, -0.1) is 0 Å². The van der Waals surface area contributed by atoms with Crippen LogP contribution < -0.4 is 10.6 Å². The van der Waals surface area contributed by atoms with E-state index in [0.29, 0.717) is 6.54 Å². The number of aryl methyl sites for hydroxylation is 1. The van der Waals surface area contributed by atoms with Crippen molar-refractivity contribution >= 4 is 5.69 Å². The molecule has 0 unspecified atom stereocenters. The van der Waals surface area contributed by atoms with E-state index < -0.39 is 0 Å². The molecule has 5 heteroatoms. The molecule has 1 aliphatic heterocycles. The van der Waals surface area contributed by atoms with E-state index in [1.54, 1.807) is 0 Å². The van der Waals surface area contributed by atoms with Gasteiger partial charge in [-0.05, 0) is 13.0 Å². The molecule has 0 spiro atoms. The maximum absolute atomic E-state index is 5.79. The molecule has 18 heavy (non-hydrogen) atoms. The minimum atomic E-state index is 0.521. The van der Waals surface area contributed by atoms with Gasteiger partial charge in [0.15, 0.2) is 0 Å². The zero-order valence-electron chi connectivity index (χ0n) is 10.5. The van der Waals surface area contributed by atoms with E-state index in [0.717, 1.165) is 36.7 Å². The highest BCUT2D eigenvalue weighted by atomic mass is 15.2. The first-order valence-corrected chi connectivity index (χ1v) is 6.18. The number of nitrogens with two attached hydrogens (primary N) is 1. The van der Waals surface area contributed by atoms with Crippen molar-refractivity contribution in [1.82, 2.24) is 14.5 Å². The van der Waals surface area contributed by atoms with Gasteiger partial charge < -0.3 is 15.2 Å². The molecule has 3 rings (SSSR count). The lowest BCUT2D eigenvalue weighted by Gasteiger charge is -2.31. The van der Waals surface area contributed by atoms with Crippen molar-refractivity contribution in [3.05, 3.63) is 41.7 Å². The third-order valence-corrected chi connectivity index (χ3v) is 3.40. The van der Waals surface area contributed by atoms with Gasteiger partial charge in [0, 0.05) is 55.2 Å². The Morgan fingerprint density at radius 3 is 3.06 bits per heavy atom. The molecule has 5 nitrogen and oxygen atoms in total. The van der Waals surface area contributed by atoms with Crippen LogP contribution in [0.3, 0.4) is 0 Å². The van der Waals surface area contributed by atoms with Crippen molar-refractivity contribution in [3.8, 4) is 0 Å². The number of pyridine rings is 1. The standard InChI is InChI=1S/C13H17N5/c1-10-6-12(11(7-14)8-16-10)18-5-4-17-3-2-15-13(17)9-18/h2-3,6,8H,4-5,7,9,14H2,1H3. The van der Waals surface area contributed by atoms with E-state index in [1.807, 2.05) is 25.5 Å². The molecule has 0 saturated heterocycles. The molecule has 0 amide bonds. The Bertz CT molecular complexity index is 560. The lowest BCUT2D eigenvalue weighted by Crippen LogP contribution is -2.34. The van der Waals surface area contributed by atoms with Crippen molar-refractivity contribution in [2.24, 2.45) is 5.73 Å². The highest BCUT2D eigenvalue weighted by Gasteiger charge is 2.19. The Balaban J connectivity index is 1.94. The van der Waals surface area contributed by atoms with Crippen LogP contribution in [0.5, 0.6) is 0 Å². The highest BCUT2D eigenvalue weighted by molar-refractivity contribution is 5.54. The molecule has 2 aromatic heterocycles. The van der Waals surface area contributed by atoms with E-state index in [-0.39, 0.29) is 0 Å². The van der Waals surface area contributed by atoms with Crippen molar-refractivity contribution in [2.75, 3.05) is 11.4 Å². The number of imidazole rings is 1. The van der Waals surface area contributed by atoms with E-state index in [4.69, 9.17) is 5.73 Å². The monoisotopic (exact) mass is 243 g/mol. The number of rotatable bonds is 2. The third-order valence-electron chi connectivity index (χ3n) is 3.40. The van der Waals surface area contributed by atoms with Crippen LogP contribution in [0.1, 0.15) is 17.1 Å². The molecule has 0 atom stereocenters. The Morgan fingerprint density at radius 2 is 2.22 bits per heavy atom. The largest absolute Gasteiger partial charge is 0.362 e. The number of hydrogen-bond acceptors (Lipinski definition) is 4. The van der Waals surface area contributed by atoms with Gasteiger partial charge in [0.2, 0.25) is 0 Å². The van der Waals surface area contributed by atoms with Gasteiger partial charge in [-0.1, -0.05) is 0 Å². The Hall–Kier alpha value is -1.88. The summed E-state index contributed by atoms with van der Waals surface area (Å²) in [4.78, 5) is 11.0. The second-order valence-corrected chi connectivity index (χ2v) is 4.62. The summed E-state index contributed by atoms with van der Waals surface area (Å²) in [5.74, 6) is 1.11. The Kier molecular flexibility index (Phi) is 2.76. The second-order valence-electron chi connectivity index (χ2n) is 4.62. The molecular formula is C13H17N5. The lowest BCUT2D eigenvalue weighted by atomic mass is 10.1. The minimum absolute atomic E-state index is 0.521. The number of anilines is 1. The topological polar surface area (TPSA) is 60.0 Å². The Morgan fingerprint density at radius 1 is 1.33 bits per heavy atom. The van der Waals surface area contributed by atoms with Crippen LogP contribution in [-0.4, -0.2) is 21.1 Å². The van der Waals surface area contributed by atoms with Crippen molar-refractivity contribution in [2.45, 2.75) is 26.6 Å². The predicted molar refractivity (Wildman–Crippen MR) is 70.1 cm³/mol. The molecule has 0 bridgehead atoms. The van der Waals surface area contributed by atoms with Crippen LogP contribution in [-0.2, 0) is 19.6 Å². The lowest BCUT2D eigenvalue weighted by molar-refractivity contribution is 0.558. The SMILES string of the molecule is Cc1cc(N2CCn3ccnc3C2)c(CN)cn1. The molecule has 0 radical (unpaired) electrons. The molecule has 94 valence electrons. The zero-order valence-corrected chi connectivity index (χ0v) is 10.5. The normalized spacial score (nSPS) is 14.7. The summed E-state index contributed by atoms with van der Waals surface area (Å²) in [6, 6.07) is 2.11. The summed E-state index contributed by atoms with van der Waals surface area (Å²) in [7, 11) is 0. The highest BCUT2D eigenvalue weighted by Crippen LogP contribution is 2.24. The number of aromatic nitrogens is 3. The van der Waals surface area contributed by atoms with Gasteiger partial charge in [0.05, 0.1) is 6.54 Å². The summed E-state index contributed by atoms with van der Waals surface area (Å²) in [6.45, 7) is 5.33. The van der Waals surface area contributed by atoms with Gasteiger partial charge in [-0.3, -0.25) is 4.98 Å². The van der Waals surface area contributed by atoms with Crippen molar-refractivity contribution in [1.29, 1.82) is 0 Å². The average molecular weight is 243 g/mol. The molecule has 0 aromatic carbocycles. The molecule has 0 aliphatic carbocycles. The first-order valence-electron chi connectivity index (χ1n) is 6.18. The van der Waals surface area contributed by atoms with Crippen LogP contribution in [0.25, 0.3) is 0 Å². The maximum atomic E-state index is 5.79. The summed E-state index contributed by atoms with van der Waals surface area (Å²) in [6.07, 6.45) is 5.78. The first-order chi connectivity index (χ1) is 8.78. The quantitative estimate of drug-likeness (QED) is 0.857. The van der Waals surface area contributed by atoms with E-state index in [1.165, 1.54) is 5.69 Å². The molecule has 1 aliphatic rings. The predicted octanol–water partition coefficient (Wildman–Crippen LogP) is 1.07. The van der Waals surface area contributed by atoms with E-state index >= 15 is 0 Å². The smallest absolute Gasteiger partial charge is 0.128 e. The number of fused-ring (bicyclic) bond motifs is 1. The first kappa shape index (κ1) is 11.2. The molecule has 0 saturated carbocycles. The van der Waals surface area contributed by atoms with Crippen LogP contribution in [0, 0.1) is 6.92 Å². The fourth-order valence-electron chi connectivity index (χ4n) is 2.40. The van der Waals surface area contributed by atoms with Gasteiger partial charge >= 0.3 is 0 Å². The van der Waals surface area contributed by atoms with Crippen molar-refractivity contribution < 1.29 is 0 Å². The summed E-state index contributed by atoms with van der Waals surface area (Å²) in [5, 5.41) is 0. The van der Waals surface area contributed by atoms with Crippen molar-refractivity contribution in [3.63, 3.8) is 0 Å². The van der Waals surface area contributed by atoms with Crippen LogP contribution >= 0.6 is 0 Å². The number of nitrogens with zero attached hydrogens (tertiary/aromatic N) is 4. The van der Waals surface area contributed by atoms with Gasteiger partial charge in [0.1, 0.15) is 5.82 Å². The van der Waals surface area contributed by atoms with E-state index in [2.05, 4.69) is 25.5 Å². The number of hydrogen-bond donors (Lipinski definition) is 1. The van der Waals surface area contributed by atoms with Crippen LogP contribution in [0.2, 0.25) is 0 Å². The molecule has 2 aromatic rings.